The molecular formula is C20H27N7O. The van der Waals surface area contributed by atoms with Crippen LogP contribution in [-0.4, -0.2) is 40.6 Å². The maximum Gasteiger partial charge on any atom is 0.198 e. The highest BCUT2D eigenvalue weighted by Crippen LogP contribution is 2.33. The average molecular weight is 381 g/mol. The topological polar surface area (TPSA) is 93.2 Å². The van der Waals surface area contributed by atoms with Crippen LogP contribution in [0.15, 0.2) is 24.9 Å². The summed E-state index contributed by atoms with van der Waals surface area (Å²) in [6.45, 7) is 0. The highest BCUT2D eigenvalue weighted by atomic mass is 16.3. The fraction of sp³-hybridized carbons (Fsp3) is 0.600. The van der Waals surface area contributed by atoms with E-state index in [-0.39, 0.29) is 6.10 Å². The molecule has 2 fully saturated rings. The van der Waals surface area contributed by atoms with Crippen LogP contribution in [-0.2, 0) is 0 Å². The van der Waals surface area contributed by atoms with Crippen LogP contribution in [0.2, 0.25) is 0 Å². The Labute approximate surface area is 164 Å². The Hall–Kier alpha value is -2.48. The van der Waals surface area contributed by atoms with E-state index in [1.807, 2.05) is 27.8 Å². The van der Waals surface area contributed by atoms with Gasteiger partial charge in [-0.05, 0) is 38.5 Å². The van der Waals surface area contributed by atoms with Gasteiger partial charge in [0.05, 0.1) is 35.9 Å². The molecule has 0 unspecified atom stereocenters. The summed E-state index contributed by atoms with van der Waals surface area (Å²) in [7, 11) is 0. The lowest BCUT2D eigenvalue weighted by molar-refractivity contribution is 0.108. The van der Waals surface area contributed by atoms with E-state index in [2.05, 4.69) is 20.5 Å². The van der Waals surface area contributed by atoms with Crippen molar-refractivity contribution in [2.45, 2.75) is 75.9 Å². The second-order valence-corrected chi connectivity index (χ2v) is 8.17. The van der Waals surface area contributed by atoms with Crippen LogP contribution in [0, 0.1) is 0 Å². The number of nitrogens with zero attached hydrogens (tertiary/aromatic N) is 6. The first kappa shape index (κ1) is 17.6. The van der Waals surface area contributed by atoms with E-state index in [4.69, 9.17) is 4.98 Å². The van der Waals surface area contributed by atoms with Crippen LogP contribution in [0.1, 0.15) is 75.4 Å². The fourth-order valence-electron chi connectivity index (χ4n) is 4.59. The van der Waals surface area contributed by atoms with Crippen LogP contribution in [0.4, 0.5) is 11.5 Å². The minimum atomic E-state index is -0.155. The molecule has 3 aromatic heterocycles. The summed E-state index contributed by atoms with van der Waals surface area (Å²) in [6.07, 6.45) is 17.2. The van der Waals surface area contributed by atoms with E-state index in [1.165, 1.54) is 32.1 Å². The van der Waals surface area contributed by atoms with Crippen molar-refractivity contribution in [1.29, 1.82) is 0 Å². The predicted molar refractivity (Wildman–Crippen MR) is 106 cm³/mol. The summed E-state index contributed by atoms with van der Waals surface area (Å²) in [4.78, 5) is 9.30. The number of fused-ring (bicyclic) bond motifs is 1. The molecule has 28 heavy (non-hydrogen) atoms. The van der Waals surface area contributed by atoms with Gasteiger partial charge < -0.3 is 10.4 Å². The SMILES string of the molecule is OC1CCC(n2cc(Nc3nc(C4CCCCC4)cn4ncnc34)cn2)CC1. The van der Waals surface area contributed by atoms with Crippen LogP contribution in [0.25, 0.3) is 5.65 Å². The van der Waals surface area contributed by atoms with Crippen LogP contribution >= 0.6 is 0 Å². The highest BCUT2D eigenvalue weighted by molar-refractivity contribution is 5.68. The molecule has 5 rings (SSSR count). The Balaban J connectivity index is 1.39. The largest absolute Gasteiger partial charge is 0.393 e. The predicted octanol–water partition coefficient (Wildman–Crippen LogP) is 3.59. The zero-order valence-electron chi connectivity index (χ0n) is 16.0. The maximum atomic E-state index is 9.72. The Morgan fingerprint density at radius 1 is 0.964 bits per heavy atom. The highest BCUT2D eigenvalue weighted by Gasteiger charge is 2.22. The molecule has 0 radical (unpaired) electrons. The lowest BCUT2D eigenvalue weighted by Gasteiger charge is -2.25. The van der Waals surface area contributed by atoms with Gasteiger partial charge in [-0.2, -0.15) is 10.2 Å². The fourth-order valence-corrected chi connectivity index (χ4v) is 4.59. The summed E-state index contributed by atoms with van der Waals surface area (Å²) in [5.41, 5.74) is 2.73. The van der Waals surface area contributed by atoms with E-state index in [0.29, 0.717) is 12.0 Å². The Kier molecular flexibility index (Phi) is 4.72. The van der Waals surface area contributed by atoms with Crippen molar-refractivity contribution in [3.63, 3.8) is 0 Å². The quantitative estimate of drug-likeness (QED) is 0.717. The van der Waals surface area contributed by atoms with E-state index in [0.717, 1.165) is 48.5 Å². The molecule has 0 aromatic carbocycles. The number of anilines is 2. The van der Waals surface area contributed by atoms with Gasteiger partial charge in [0.1, 0.15) is 6.33 Å². The zero-order chi connectivity index (χ0) is 18.9. The molecule has 0 bridgehead atoms. The lowest BCUT2D eigenvalue weighted by Crippen LogP contribution is -2.21. The smallest absolute Gasteiger partial charge is 0.198 e. The minimum absolute atomic E-state index is 0.155. The van der Waals surface area contributed by atoms with Crippen molar-refractivity contribution in [2.24, 2.45) is 0 Å². The molecule has 3 heterocycles. The van der Waals surface area contributed by atoms with E-state index >= 15 is 0 Å². The van der Waals surface area contributed by atoms with Crippen molar-refractivity contribution in [3.05, 3.63) is 30.6 Å². The summed E-state index contributed by atoms with van der Waals surface area (Å²) in [5.74, 6) is 1.23. The second kappa shape index (κ2) is 7.50. The van der Waals surface area contributed by atoms with Crippen LogP contribution < -0.4 is 5.32 Å². The molecule has 0 amide bonds. The molecule has 2 saturated carbocycles. The van der Waals surface area contributed by atoms with Crippen molar-refractivity contribution in [1.82, 2.24) is 29.4 Å². The van der Waals surface area contributed by atoms with Crippen molar-refractivity contribution < 1.29 is 5.11 Å². The third-order valence-electron chi connectivity index (χ3n) is 6.21. The Morgan fingerprint density at radius 3 is 2.61 bits per heavy atom. The van der Waals surface area contributed by atoms with Crippen LogP contribution in [0.3, 0.4) is 0 Å². The van der Waals surface area contributed by atoms with E-state index in [1.54, 1.807) is 6.33 Å². The zero-order valence-corrected chi connectivity index (χ0v) is 16.0. The first-order valence-corrected chi connectivity index (χ1v) is 10.5. The number of aliphatic hydroxyl groups excluding tert-OH is 1. The average Bonchev–Trinajstić information content (AvgIpc) is 3.39. The first-order chi connectivity index (χ1) is 13.8. The first-order valence-electron chi connectivity index (χ1n) is 10.5. The molecule has 2 N–H and O–H groups in total. The van der Waals surface area contributed by atoms with Crippen LogP contribution in [0.5, 0.6) is 0 Å². The number of nitrogens with one attached hydrogen (secondary N) is 1. The third kappa shape index (κ3) is 3.48. The number of aromatic nitrogens is 6. The van der Waals surface area contributed by atoms with Crippen molar-refractivity contribution >= 4 is 17.2 Å². The molecular weight excluding hydrogens is 354 g/mol. The van der Waals surface area contributed by atoms with Gasteiger partial charge in [0, 0.05) is 12.1 Å². The molecule has 2 aliphatic carbocycles. The van der Waals surface area contributed by atoms with E-state index < -0.39 is 0 Å². The standard InChI is InChI=1S/C20H27N7O/c28-17-8-6-16(7-9-17)26-11-15(10-22-26)24-19-20-21-13-23-27(20)12-18(25-19)14-4-2-1-3-5-14/h10-14,16-17,28H,1-9H2,(H,24,25). The molecule has 0 aliphatic heterocycles. The number of aliphatic hydroxyl groups is 1. The summed E-state index contributed by atoms with van der Waals surface area (Å²) in [6, 6.07) is 0.355. The summed E-state index contributed by atoms with van der Waals surface area (Å²) in [5, 5.41) is 22.0. The van der Waals surface area contributed by atoms with Gasteiger partial charge in [-0.1, -0.05) is 19.3 Å². The van der Waals surface area contributed by atoms with Gasteiger partial charge >= 0.3 is 0 Å². The van der Waals surface area contributed by atoms with Gasteiger partial charge in [-0.25, -0.2) is 14.5 Å². The van der Waals surface area contributed by atoms with Gasteiger partial charge in [-0.15, -0.1) is 0 Å². The molecule has 8 heteroatoms. The molecule has 3 aromatic rings. The number of hydrogen-bond acceptors (Lipinski definition) is 6. The summed E-state index contributed by atoms with van der Waals surface area (Å²) >= 11 is 0. The third-order valence-corrected chi connectivity index (χ3v) is 6.21. The Bertz CT molecular complexity index is 935. The second-order valence-electron chi connectivity index (χ2n) is 8.17. The Morgan fingerprint density at radius 2 is 1.79 bits per heavy atom. The van der Waals surface area contributed by atoms with Gasteiger partial charge in [0.2, 0.25) is 0 Å². The molecule has 0 atom stereocenters. The normalized spacial score (nSPS) is 23.9. The molecule has 0 spiro atoms. The number of hydrogen-bond donors (Lipinski definition) is 2. The van der Waals surface area contributed by atoms with Crippen molar-refractivity contribution in [2.75, 3.05) is 5.32 Å². The monoisotopic (exact) mass is 381 g/mol. The van der Waals surface area contributed by atoms with Gasteiger partial charge in [0.15, 0.2) is 11.5 Å². The number of rotatable bonds is 4. The molecule has 8 nitrogen and oxygen atoms in total. The molecule has 2 aliphatic rings. The minimum Gasteiger partial charge on any atom is -0.393 e. The van der Waals surface area contributed by atoms with Gasteiger partial charge in [-0.3, -0.25) is 4.68 Å². The molecule has 0 saturated heterocycles. The lowest BCUT2D eigenvalue weighted by atomic mass is 9.87. The van der Waals surface area contributed by atoms with E-state index in [9.17, 15) is 5.11 Å². The molecule has 148 valence electrons. The van der Waals surface area contributed by atoms with Crippen molar-refractivity contribution in [3.8, 4) is 0 Å². The maximum absolute atomic E-state index is 9.72. The van der Waals surface area contributed by atoms with Gasteiger partial charge in [0.25, 0.3) is 0 Å². The summed E-state index contributed by atoms with van der Waals surface area (Å²) < 4.78 is 3.84.